The lowest BCUT2D eigenvalue weighted by Crippen LogP contribution is -2.30. The molecule has 0 spiro atoms. The molecule has 96 valence electrons. The predicted molar refractivity (Wildman–Crippen MR) is 68.1 cm³/mol. The van der Waals surface area contributed by atoms with Crippen molar-refractivity contribution in [3.63, 3.8) is 0 Å². The largest absolute Gasteiger partial charge is 0.380 e. The Hall–Kier alpha value is -0.910. The molecule has 0 unspecified atom stereocenters. The zero-order valence-corrected chi connectivity index (χ0v) is 11.3. The molecular formula is C12H19NO3S. The summed E-state index contributed by atoms with van der Waals surface area (Å²) in [5.74, 6) is 0. The molecule has 0 aliphatic heterocycles. The molecule has 17 heavy (non-hydrogen) atoms. The SMILES string of the molecule is COCc1ccccc1CNS(=O)(=O)C(C)C. The van der Waals surface area contributed by atoms with Gasteiger partial charge < -0.3 is 4.74 Å². The van der Waals surface area contributed by atoms with Gasteiger partial charge in [0.1, 0.15) is 0 Å². The number of benzene rings is 1. The quantitative estimate of drug-likeness (QED) is 0.843. The summed E-state index contributed by atoms with van der Waals surface area (Å²) in [5, 5.41) is -0.419. The summed E-state index contributed by atoms with van der Waals surface area (Å²) >= 11 is 0. The van der Waals surface area contributed by atoms with Gasteiger partial charge in [0.2, 0.25) is 10.0 Å². The van der Waals surface area contributed by atoms with Crippen molar-refractivity contribution in [1.82, 2.24) is 4.72 Å². The standard InChI is InChI=1S/C12H19NO3S/c1-10(2)17(14,15)13-8-11-6-4-5-7-12(11)9-16-3/h4-7,10,13H,8-9H2,1-3H3. The molecule has 0 fully saturated rings. The van der Waals surface area contributed by atoms with Crippen LogP contribution in [0.15, 0.2) is 24.3 Å². The Kier molecular flexibility index (Phi) is 5.11. The molecular weight excluding hydrogens is 238 g/mol. The van der Waals surface area contributed by atoms with E-state index in [-0.39, 0.29) is 0 Å². The number of methoxy groups -OCH3 is 1. The molecule has 0 amide bonds. The fourth-order valence-corrected chi connectivity index (χ4v) is 2.06. The van der Waals surface area contributed by atoms with Gasteiger partial charge in [-0.3, -0.25) is 0 Å². The van der Waals surface area contributed by atoms with Crippen LogP contribution in [0, 0.1) is 0 Å². The predicted octanol–water partition coefficient (Wildman–Crippen LogP) is 1.66. The molecule has 1 aromatic carbocycles. The van der Waals surface area contributed by atoms with Gasteiger partial charge in [-0.25, -0.2) is 13.1 Å². The van der Waals surface area contributed by atoms with Crippen molar-refractivity contribution in [3.8, 4) is 0 Å². The topological polar surface area (TPSA) is 55.4 Å². The van der Waals surface area contributed by atoms with Crippen LogP contribution in [-0.4, -0.2) is 20.8 Å². The second-order valence-electron chi connectivity index (χ2n) is 4.12. The fourth-order valence-electron chi connectivity index (χ4n) is 1.37. The van der Waals surface area contributed by atoms with Gasteiger partial charge in [0.15, 0.2) is 0 Å². The highest BCUT2D eigenvalue weighted by atomic mass is 32.2. The molecule has 4 nitrogen and oxygen atoms in total. The first-order chi connectivity index (χ1) is 7.97. The maximum absolute atomic E-state index is 11.6. The molecule has 5 heteroatoms. The number of nitrogens with one attached hydrogen (secondary N) is 1. The molecule has 0 saturated heterocycles. The smallest absolute Gasteiger partial charge is 0.214 e. The van der Waals surface area contributed by atoms with Crippen LogP contribution in [0.3, 0.4) is 0 Å². The Morgan fingerprint density at radius 1 is 1.24 bits per heavy atom. The third kappa shape index (κ3) is 4.11. The summed E-state index contributed by atoms with van der Waals surface area (Å²) < 4.78 is 30.9. The zero-order valence-electron chi connectivity index (χ0n) is 10.4. The van der Waals surface area contributed by atoms with E-state index in [2.05, 4.69) is 4.72 Å². The number of hydrogen-bond acceptors (Lipinski definition) is 3. The lowest BCUT2D eigenvalue weighted by atomic mass is 10.1. The van der Waals surface area contributed by atoms with Gasteiger partial charge in [-0.1, -0.05) is 24.3 Å². The Labute approximate surface area is 103 Å². The highest BCUT2D eigenvalue weighted by Crippen LogP contribution is 2.10. The van der Waals surface area contributed by atoms with E-state index in [1.54, 1.807) is 21.0 Å². The first-order valence-electron chi connectivity index (χ1n) is 5.51. The Balaban J connectivity index is 2.76. The van der Waals surface area contributed by atoms with E-state index < -0.39 is 15.3 Å². The molecule has 0 saturated carbocycles. The lowest BCUT2D eigenvalue weighted by molar-refractivity contribution is 0.184. The van der Waals surface area contributed by atoms with Crippen LogP contribution in [0.5, 0.6) is 0 Å². The van der Waals surface area contributed by atoms with Crippen LogP contribution in [0.25, 0.3) is 0 Å². The first-order valence-corrected chi connectivity index (χ1v) is 7.06. The van der Waals surface area contributed by atoms with Crippen molar-refractivity contribution in [2.45, 2.75) is 32.2 Å². The van der Waals surface area contributed by atoms with Gasteiger partial charge in [-0.2, -0.15) is 0 Å². The highest BCUT2D eigenvalue weighted by molar-refractivity contribution is 7.90. The summed E-state index contributed by atoms with van der Waals surface area (Å²) in [4.78, 5) is 0. The molecule has 1 rings (SSSR count). The third-order valence-corrected chi connectivity index (χ3v) is 4.29. The van der Waals surface area contributed by atoms with Gasteiger partial charge in [-0.15, -0.1) is 0 Å². The summed E-state index contributed by atoms with van der Waals surface area (Å²) in [5.41, 5.74) is 1.94. The van der Waals surface area contributed by atoms with E-state index in [0.29, 0.717) is 13.2 Å². The van der Waals surface area contributed by atoms with E-state index in [1.807, 2.05) is 24.3 Å². The summed E-state index contributed by atoms with van der Waals surface area (Å²) in [6.07, 6.45) is 0. The van der Waals surface area contributed by atoms with Crippen molar-refractivity contribution < 1.29 is 13.2 Å². The molecule has 0 aromatic heterocycles. The van der Waals surface area contributed by atoms with Gasteiger partial charge >= 0.3 is 0 Å². The molecule has 0 radical (unpaired) electrons. The maximum Gasteiger partial charge on any atom is 0.214 e. The van der Waals surface area contributed by atoms with Gasteiger partial charge in [0, 0.05) is 13.7 Å². The van der Waals surface area contributed by atoms with E-state index in [4.69, 9.17) is 4.74 Å². The summed E-state index contributed by atoms with van der Waals surface area (Å²) in [6, 6.07) is 7.63. The molecule has 0 bridgehead atoms. The zero-order chi connectivity index (χ0) is 12.9. The Bertz CT molecular complexity index is 455. The number of rotatable bonds is 6. The number of sulfonamides is 1. The minimum Gasteiger partial charge on any atom is -0.380 e. The lowest BCUT2D eigenvalue weighted by Gasteiger charge is -2.12. The second kappa shape index (κ2) is 6.14. The Morgan fingerprint density at radius 3 is 2.35 bits per heavy atom. The Morgan fingerprint density at radius 2 is 1.82 bits per heavy atom. The second-order valence-corrected chi connectivity index (χ2v) is 6.44. The van der Waals surface area contributed by atoms with Crippen LogP contribution in [0.4, 0.5) is 0 Å². The molecule has 0 aliphatic rings. The minimum atomic E-state index is -3.22. The normalized spacial score (nSPS) is 12.0. The van der Waals surface area contributed by atoms with Crippen molar-refractivity contribution in [2.24, 2.45) is 0 Å². The number of hydrogen-bond donors (Lipinski definition) is 1. The highest BCUT2D eigenvalue weighted by Gasteiger charge is 2.15. The molecule has 1 N–H and O–H groups in total. The van der Waals surface area contributed by atoms with Gasteiger partial charge in [0.05, 0.1) is 11.9 Å². The van der Waals surface area contributed by atoms with Crippen molar-refractivity contribution in [1.29, 1.82) is 0 Å². The molecule has 1 aromatic rings. The van der Waals surface area contributed by atoms with Crippen molar-refractivity contribution in [3.05, 3.63) is 35.4 Å². The van der Waals surface area contributed by atoms with Crippen LogP contribution in [0.2, 0.25) is 0 Å². The molecule has 0 atom stereocenters. The van der Waals surface area contributed by atoms with Gasteiger partial charge in [-0.05, 0) is 25.0 Å². The minimum absolute atomic E-state index is 0.306. The average molecular weight is 257 g/mol. The monoisotopic (exact) mass is 257 g/mol. The van der Waals surface area contributed by atoms with Crippen LogP contribution in [0.1, 0.15) is 25.0 Å². The van der Waals surface area contributed by atoms with E-state index in [9.17, 15) is 8.42 Å². The van der Waals surface area contributed by atoms with Crippen LogP contribution < -0.4 is 4.72 Å². The summed E-state index contributed by atoms with van der Waals surface area (Å²) in [6.45, 7) is 4.10. The van der Waals surface area contributed by atoms with Crippen LogP contribution >= 0.6 is 0 Å². The number of ether oxygens (including phenoxy) is 1. The maximum atomic E-state index is 11.6. The molecule has 0 heterocycles. The van der Waals surface area contributed by atoms with Gasteiger partial charge in [0.25, 0.3) is 0 Å². The van der Waals surface area contributed by atoms with E-state index in [0.717, 1.165) is 11.1 Å². The van der Waals surface area contributed by atoms with Crippen molar-refractivity contribution >= 4 is 10.0 Å². The van der Waals surface area contributed by atoms with Crippen molar-refractivity contribution in [2.75, 3.05) is 7.11 Å². The first kappa shape index (κ1) is 14.2. The van der Waals surface area contributed by atoms with E-state index >= 15 is 0 Å². The molecule has 0 aliphatic carbocycles. The fraction of sp³-hybridized carbons (Fsp3) is 0.500. The third-order valence-electron chi connectivity index (χ3n) is 2.50. The van der Waals surface area contributed by atoms with Crippen LogP contribution in [-0.2, 0) is 27.9 Å². The summed E-state index contributed by atoms with van der Waals surface area (Å²) in [7, 11) is -1.60. The van der Waals surface area contributed by atoms with E-state index in [1.165, 1.54) is 0 Å². The average Bonchev–Trinajstić information content (AvgIpc) is 2.28.